The van der Waals surface area contributed by atoms with Gasteiger partial charge in [0.05, 0.1) is 21.8 Å². The molecule has 0 saturated carbocycles. The zero-order valence-electron chi connectivity index (χ0n) is 17.9. The van der Waals surface area contributed by atoms with Gasteiger partial charge in [-0.25, -0.2) is 4.98 Å². The minimum Gasteiger partial charge on any atom is -0.507 e. The first-order chi connectivity index (χ1) is 15.8. The number of aliphatic hydroxyl groups is 1. The summed E-state index contributed by atoms with van der Waals surface area (Å²) in [7, 11) is 0. The van der Waals surface area contributed by atoms with Crippen LogP contribution in [0.25, 0.3) is 16.0 Å². The molecule has 5 nitrogen and oxygen atoms in total. The van der Waals surface area contributed by atoms with Gasteiger partial charge in [-0.05, 0) is 49.2 Å². The minimum absolute atomic E-state index is 0.0293. The smallest absolute Gasteiger partial charge is 0.301 e. The van der Waals surface area contributed by atoms with Crippen molar-refractivity contribution in [3.8, 4) is 0 Å². The van der Waals surface area contributed by atoms with Gasteiger partial charge in [0, 0.05) is 10.6 Å². The zero-order chi connectivity index (χ0) is 23.3. The van der Waals surface area contributed by atoms with Crippen molar-refractivity contribution in [3.63, 3.8) is 0 Å². The number of aryl methyl sites for hydroxylation is 2. The van der Waals surface area contributed by atoms with E-state index in [2.05, 4.69) is 4.98 Å². The molecule has 1 atom stereocenters. The molecular weight excluding hydrogens is 456 g/mol. The first kappa shape index (κ1) is 21.4. The zero-order valence-corrected chi connectivity index (χ0v) is 19.4. The second-order valence-electron chi connectivity index (χ2n) is 8.05. The summed E-state index contributed by atoms with van der Waals surface area (Å²) in [6, 6.07) is 19.1. The third kappa shape index (κ3) is 3.71. The predicted molar refractivity (Wildman–Crippen MR) is 132 cm³/mol. The number of Topliss-reactive ketones (excluding diaryl/α,β-unsaturated/α-hetero) is 1. The molecule has 0 radical (unpaired) electrons. The monoisotopic (exact) mass is 474 g/mol. The van der Waals surface area contributed by atoms with E-state index in [0.29, 0.717) is 21.3 Å². The lowest BCUT2D eigenvalue weighted by atomic mass is 9.95. The van der Waals surface area contributed by atoms with Crippen LogP contribution in [0.15, 0.2) is 72.3 Å². The quantitative estimate of drug-likeness (QED) is 0.218. The fraction of sp³-hybridized carbons (Fsp3) is 0.115. The van der Waals surface area contributed by atoms with Gasteiger partial charge in [0.2, 0.25) is 0 Å². The van der Waals surface area contributed by atoms with Crippen molar-refractivity contribution in [1.29, 1.82) is 0 Å². The molecule has 0 bridgehead atoms. The summed E-state index contributed by atoms with van der Waals surface area (Å²) in [6.07, 6.45) is 0. The van der Waals surface area contributed by atoms with Gasteiger partial charge >= 0.3 is 5.91 Å². The number of hydrogen-bond acceptors (Lipinski definition) is 5. The number of amides is 1. The van der Waals surface area contributed by atoms with Crippen LogP contribution in [0.3, 0.4) is 0 Å². The summed E-state index contributed by atoms with van der Waals surface area (Å²) >= 11 is 7.43. The number of carbonyl (C=O) groups excluding carboxylic acids is 2. The lowest BCUT2D eigenvalue weighted by Gasteiger charge is -2.23. The molecule has 0 aliphatic carbocycles. The third-order valence-electron chi connectivity index (χ3n) is 5.69. The maximum Gasteiger partial charge on any atom is 0.301 e. The van der Waals surface area contributed by atoms with Crippen molar-refractivity contribution < 1.29 is 14.7 Å². The van der Waals surface area contributed by atoms with Crippen LogP contribution in [0, 0.1) is 13.8 Å². The lowest BCUT2D eigenvalue weighted by molar-refractivity contribution is -0.132. The van der Waals surface area contributed by atoms with Crippen molar-refractivity contribution in [1.82, 2.24) is 4.98 Å². The summed E-state index contributed by atoms with van der Waals surface area (Å²) in [5.74, 6) is -1.68. The van der Waals surface area contributed by atoms with E-state index in [1.807, 2.05) is 44.2 Å². The molecule has 2 heterocycles. The molecule has 0 spiro atoms. The van der Waals surface area contributed by atoms with Crippen molar-refractivity contribution in [3.05, 3.63) is 99.6 Å². The van der Waals surface area contributed by atoms with Crippen molar-refractivity contribution in [2.75, 3.05) is 4.90 Å². The highest BCUT2D eigenvalue weighted by atomic mass is 35.5. The number of hydrogen-bond donors (Lipinski definition) is 1. The van der Waals surface area contributed by atoms with Gasteiger partial charge in [-0.3, -0.25) is 14.5 Å². The van der Waals surface area contributed by atoms with Crippen molar-refractivity contribution in [2.24, 2.45) is 0 Å². The van der Waals surface area contributed by atoms with E-state index in [1.165, 1.54) is 16.2 Å². The third-order valence-corrected chi connectivity index (χ3v) is 6.96. The van der Waals surface area contributed by atoms with E-state index in [1.54, 1.807) is 36.4 Å². The Hall–Kier alpha value is -3.48. The molecule has 1 saturated heterocycles. The number of thiazole rings is 1. The van der Waals surface area contributed by atoms with Crippen LogP contribution >= 0.6 is 22.9 Å². The molecule has 1 N–H and O–H groups in total. The van der Waals surface area contributed by atoms with Gasteiger partial charge < -0.3 is 5.11 Å². The minimum atomic E-state index is -0.828. The van der Waals surface area contributed by atoms with E-state index in [4.69, 9.17) is 11.6 Å². The number of benzene rings is 3. The summed E-state index contributed by atoms with van der Waals surface area (Å²) in [5.41, 5.74) is 4.00. The molecule has 1 aliphatic rings. The Morgan fingerprint density at radius 2 is 1.64 bits per heavy atom. The molecular formula is C26H19ClN2O3S. The Balaban J connectivity index is 1.73. The maximum absolute atomic E-state index is 13.3. The summed E-state index contributed by atoms with van der Waals surface area (Å²) in [4.78, 5) is 32.5. The molecule has 1 amide bonds. The Bertz CT molecular complexity index is 1440. The Morgan fingerprint density at radius 1 is 0.970 bits per heavy atom. The molecule has 5 rings (SSSR count). The number of carbonyl (C=O) groups is 2. The largest absolute Gasteiger partial charge is 0.507 e. The van der Waals surface area contributed by atoms with Gasteiger partial charge in [0.1, 0.15) is 5.76 Å². The Labute approximate surface area is 199 Å². The highest BCUT2D eigenvalue weighted by Crippen LogP contribution is 2.44. The van der Waals surface area contributed by atoms with Crippen LogP contribution in [-0.4, -0.2) is 21.8 Å². The number of nitrogens with zero attached hydrogens (tertiary/aromatic N) is 2. The van der Waals surface area contributed by atoms with Crippen LogP contribution < -0.4 is 4.90 Å². The van der Waals surface area contributed by atoms with E-state index >= 15 is 0 Å². The molecule has 1 aromatic heterocycles. The topological polar surface area (TPSA) is 70.5 Å². The molecule has 4 aromatic rings. The average Bonchev–Trinajstić information content (AvgIpc) is 3.32. The maximum atomic E-state index is 13.3. The van der Waals surface area contributed by atoms with Gasteiger partial charge in [-0.1, -0.05) is 71.0 Å². The first-order valence-electron chi connectivity index (χ1n) is 10.3. The number of aromatic nitrogens is 1. The van der Waals surface area contributed by atoms with E-state index in [9.17, 15) is 14.7 Å². The molecule has 0 unspecified atom stereocenters. The molecule has 1 fully saturated rings. The SMILES string of the molecule is Cc1ccc(/C(O)=C2\C(=O)C(=O)N(c3nc4ccc(C)cc4s3)[C@@H]2c2ccc(Cl)cc2)cc1. The Kier molecular flexibility index (Phi) is 5.27. The van der Waals surface area contributed by atoms with E-state index in [0.717, 1.165) is 21.3 Å². The number of halogens is 1. The molecule has 33 heavy (non-hydrogen) atoms. The molecule has 7 heteroatoms. The van der Waals surface area contributed by atoms with Crippen LogP contribution in [-0.2, 0) is 9.59 Å². The van der Waals surface area contributed by atoms with Crippen molar-refractivity contribution >= 4 is 55.7 Å². The number of anilines is 1. The Morgan fingerprint density at radius 3 is 2.33 bits per heavy atom. The fourth-order valence-electron chi connectivity index (χ4n) is 3.98. The fourth-order valence-corrected chi connectivity index (χ4v) is 5.20. The molecule has 1 aliphatic heterocycles. The van der Waals surface area contributed by atoms with Gasteiger partial charge in [-0.2, -0.15) is 0 Å². The lowest BCUT2D eigenvalue weighted by Crippen LogP contribution is -2.29. The van der Waals surface area contributed by atoms with E-state index < -0.39 is 17.7 Å². The number of rotatable bonds is 3. The van der Waals surface area contributed by atoms with Gasteiger partial charge in [0.15, 0.2) is 5.13 Å². The second-order valence-corrected chi connectivity index (χ2v) is 9.50. The highest BCUT2D eigenvalue weighted by molar-refractivity contribution is 7.22. The molecule has 3 aromatic carbocycles. The second kappa shape index (κ2) is 8.14. The first-order valence-corrected chi connectivity index (χ1v) is 11.5. The van der Waals surface area contributed by atoms with Crippen molar-refractivity contribution in [2.45, 2.75) is 19.9 Å². The normalized spacial score (nSPS) is 17.8. The predicted octanol–water partition coefficient (Wildman–Crippen LogP) is 6.19. The standard InChI is InChI=1S/C26H19ClN2O3S/c1-14-3-6-17(7-4-14)23(30)21-22(16-8-10-18(27)11-9-16)29(25(32)24(21)31)26-28-19-12-5-15(2)13-20(19)33-26/h3-13,22,30H,1-2H3/b23-21+/t22-/m1/s1. The van der Waals surface area contributed by atoms with E-state index in [-0.39, 0.29) is 11.3 Å². The number of fused-ring (bicyclic) bond motifs is 1. The summed E-state index contributed by atoms with van der Waals surface area (Å²) in [5, 5.41) is 12.1. The average molecular weight is 475 g/mol. The van der Waals surface area contributed by atoms with Crippen LogP contribution in [0.1, 0.15) is 28.3 Å². The van der Waals surface area contributed by atoms with Gasteiger partial charge in [0.25, 0.3) is 5.78 Å². The van der Waals surface area contributed by atoms with Crippen LogP contribution in [0.4, 0.5) is 5.13 Å². The summed E-state index contributed by atoms with van der Waals surface area (Å²) in [6.45, 7) is 3.92. The molecule has 164 valence electrons. The summed E-state index contributed by atoms with van der Waals surface area (Å²) < 4.78 is 0.917. The number of ketones is 1. The van der Waals surface area contributed by atoms with Gasteiger partial charge in [-0.15, -0.1) is 0 Å². The number of aliphatic hydroxyl groups excluding tert-OH is 1. The highest BCUT2D eigenvalue weighted by Gasteiger charge is 2.48. The van der Waals surface area contributed by atoms with Crippen LogP contribution in [0.2, 0.25) is 5.02 Å². The van der Waals surface area contributed by atoms with Crippen LogP contribution in [0.5, 0.6) is 0 Å².